The first-order valence-corrected chi connectivity index (χ1v) is 8.15. The predicted molar refractivity (Wildman–Crippen MR) is 79.1 cm³/mol. The van der Waals surface area contributed by atoms with E-state index in [1.54, 1.807) is 6.07 Å². The number of benzene rings is 1. The molecule has 2 heteroatoms. The van der Waals surface area contributed by atoms with Crippen LogP contribution in [0.15, 0.2) is 18.2 Å². The first-order valence-electron chi connectivity index (χ1n) is 8.15. The van der Waals surface area contributed by atoms with Crippen molar-refractivity contribution >= 4 is 0 Å². The lowest BCUT2D eigenvalue weighted by Crippen LogP contribution is -2.48. The highest BCUT2D eigenvalue weighted by Gasteiger charge is 2.52. The number of rotatable bonds is 3. The molecule has 0 amide bonds. The normalized spacial score (nSPS) is 38.1. The van der Waals surface area contributed by atoms with Gasteiger partial charge in [-0.05, 0) is 86.8 Å². The van der Waals surface area contributed by atoms with Gasteiger partial charge in [0.2, 0.25) is 0 Å². The third kappa shape index (κ3) is 1.84. The zero-order chi connectivity index (χ0) is 13.7. The summed E-state index contributed by atoms with van der Waals surface area (Å²) in [6, 6.07) is 5.71. The Bertz CT molecular complexity index is 485. The van der Waals surface area contributed by atoms with Gasteiger partial charge in [-0.25, -0.2) is 0 Å². The van der Waals surface area contributed by atoms with Crippen molar-refractivity contribution in [3.8, 4) is 11.5 Å². The van der Waals surface area contributed by atoms with Gasteiger partial charge < -0.3 is 9.84 Å². The number of hydrogen-bond acceptors (Lipinski definition) is 2. The maximum atomic E-state index is 9.95. The molecule has 4 fully saturated rings. The lowest BCUT2D eigenvalue weighted by molar-refractivity contribution is -0.00642. The van der Waals surface area contributed by atoms with Crippen LogP contribution in [-0.4, -0.2) is 11.7 Å². The fraction of sp³-hybridized carbons (Fsp3) is 0.667. The van der Waals surface area contributed by atoms with Crippen molar-refractivity contribution in [1.29, 1.82) is 0 Å². The van der Waals surface area contributed by atoms with Crippen molar-refractivity contribution in [3.63, 3.8) is 0 Å². The fourth-order valence-electron chi connectivity index (χ4n) is 5.65. The Morgan fingerprint density at radius 3 is 2.25 bits per heavy atom. The van der Waals surface area contributed by atoms with E-state index in [1.807, 2.05) is 19.1 Å². The molecule has 1 aromatic rings. The molecule has 5 rings (SSSR count). The Morgan fingerprint density at radius 1 is 1.10 bits per heavy atom. The first kappa shape index (κ1) is 12.6. The summed E-state index contributed by atoms with van der Waals surface area (Å²) in [6.07, 6.45) is 8.26. The van der Waals surface area contributed by atoms with Crippen LogP contribution >= 0.6 is 0 Å². The van der Waals surface area contributed by atoms with E-state index in [2.05, 4.69) is 0 Å². The Labute approximate surface area is 121 Å². The molecule has 20 heavy (non-hydrogen) atoms. The lowest BCUT2D eigenvalue weighted by atomic mass is 9.48. The van der Waals surface area contributed by atoms with E-state index in [-0.39, 0.29) is 5.41 Å². The second-order valence-electron chi connectivity index (χ2n) is 7.31. The van der Waals surface area contributed by atoms with Gasteiger partial charge in [-0.1, -0.05) is 0 Å². The smallest absolute Gasteiger partial charge is 0.123 e. The second-order valence-corrected chi connectivity index (χ2v) is 7.31. The standard InChI is InChI=1S/C18H24O2/c1-2-20-17-4-3-15(19)8-16(17)18-9-12-5-13(10-18)7-14(6-12)11-18/h3-4,8,12-14,19H,2,5-7,9-11H2,1H3. The number of hydrogen-bond donors (Lipinski definition) is 1. The molecule has 4 aliphatic carbocycles. The van der Waals surface area contributed by atoms with E-state index in [0.717, 1.165) is 23.5 Å². The molecule has 0 heterocycles. The molecular weight excluding hydrogens is 248 g/mol. The number of phenolic OH excluding ortho intramolecular Hbond substituents is 1. The van der Waals surface area contributed by atoms with Gasteiger partial charge in [0, 0.05) is 5.56 Å². The summed E-state index contributed by atoms with van der Waals surface area (Å²) in [5.41, 5.74) is 1.58. The quantitative estimate of drug-likeness (QED) is 0.891. The highest BCUT2D eigenvalue weighted by Crippen LogP contribution is 2.62. The average Bonchev–Trinajstić information content (AvgIpc) is 2.39. The van der Waals surface area contributed by atoms with Gasteiger partial charge in [-0.2, -0.15) is 0 Å². The maximum absolute atomic E-state index is 9.95. The van der Waals surface area contributed by atoms with Gasteiger partial charge in [-0.15, -0.1) is 0 Å². The molecule has 0 aromatic heterocycles. The van der Waals surface area contributed by atoms with Gasteiger partial charge >= 0.3 is 0 Å². The van der Waals surface area contributed by atoms with Crippen molar-refractivity contribution in [2.75, 3.05) is 6.61 Å². The molecule has 4 bridgehead atoms. The van der Waals surface area contributed by atoms with E-state index in [4.69, 9.17) is 4.74 Å². The maximum Gasteiger partial charge on any atom is 0.123 e. The van der Waals surface area contributed by atoms with Gasteiger partial charge in [0.1, 0.15) is 11.5 Å². The van der Waals surface area contributed by atoms with Crippen LogP contribution in [0.4, 0.5) is 0 Å². The molecule has 1 aromatic carbocycles. The number of ether oxygens (including phenoxy) is 1. The predicted octanol–water partition coefficient (Wildman–Crippen LogP) is 4.26. The fourth-order valence-corrected chi connectivity index (χ4v) is 5.65. The molecule has 2 nitrogen and oxygen atoms in total. The molecular formula is C18H24O2. The number of phenols is 1. The van der Waals surface area contributed by atoms with Crippen molar-refractivity contribution in [2.24, 2.45) is 17.8 Å². The minimum Gasteiger partial charge on any atom is -0.508 e. The Balaban J connectivity index is 1.78. The summed E-state index contributed by atoms with van der Waals surface area (Å²) >= 11 is 0. The van der Waals surface area contributed by atoms with Crippen LogP contribution in [0.3, 0.4) is 0 Å². The third-order valence-corrected chi connectivity index (χ3v) is 5.87. The Morgan fingerprint density at radius 2 is 1.70 bits per heavy atom. The van der Waals surface area contributed by atoms with Gasteiger partial charge in [0.05, 0.1) is 6.61 Å². The first-order chi connectivity index (χ1) is 9.68. The van der Waals surface area contributed by atoms with Crippen LogP contribution in [0.25, 0.3) is 0 Å². The Hall–Kier alpha value is -1.18. The molecule has 0 saturated heterocycles. The van der Waals surface area contributed by atoms with Crippen LogP contribution in [0, 0.1) is 17.8 Å². The molecule has 4 aliphatic rings. The summed E-state index contributed by atoms with van der Waals surface area (Å²) in [7, 11) is 0. The summed E-state index contributed by atoms with van der Waals surface area (Å²) in [4.78, 5) is 0. The SMILES string of the molecule is CCOc1ccc(O)cc1C12CC3CC(CC(C3)C1)C2. The van der Waals surface area contributed by atoms with E-state index >= 15 is 0 Å². The Kier molecular flexibility index (Phi) is 2.77. The topological polar surface area (TPSA) is 29.5 Å². The van der Waals surface area contributed by atoms with Crippen LogP contribution in [0.2, 0.25) is 0 Å². The third-order valence-electron chi connectivity index (χ3n) is 5.87. The molecule has 0 spiro atoms. The summed E-state index contributed by atoms with van der Waals surface area (Å²) in [6.45, 7) is 2.74. The highest BCUT2D eigenvalue weighted by molar-refractivity contribution is 5.46. The van der Waals surface area contributed by atoms with E-state index < -0.39 is 0 Å². The minimum absolute atomic E-state index is 0.290. The molecule has 0 unspecified atom stereocenters. The molecule has 0 aliphatic heterocycles. The van der Waals surface area contributed by atoms with Gasteiger partial charge in [-0.3, -0.25) is 0 Å². The van der Waals surface area contributed by atoms with Crippen molar-refractivity contribution in [1.82, 2.24) is 0 Å². The summed E-state index contributed by atoms with van der Waals surface area (Å²) in [5.74, 6) is 4.14. The molecule has 108 valence electrons. The highest BCUT2D eigenvalue weighted by atomic mass is 16.5. The van der Waals surface area contributed by atoms with Crippen molar-refractivity contribution in [2.45, 2.75) is 50.9 Å². The van der Waals surface area contributed by atoms with Crippen LogP contribution in [0.1, 0.15) is 51.0 Å². The van der Waals surface area contributed by atoms with Crippen molar-refractivity contribution < 1.29 is 9.84 Å². The molecule has 0 atom stereocenters. The zero-order valence-corrected chi connectivity index (χ0v) is 12.3. The minimum atomic E-state index is 0.290. The number of aromatic hydroxyl groups is 1. The monoisotopic (exact) mass is 272 g/mol. The largest absolute Gasteiger partial charge is 0.508 e. The summed E-state index contributed by atoms with van der Waals surface area (Å²) in [5, 5.41) is 9.95. The molecule has 1 N–H and O–H groups in total. The average molecular weight is 272 g/mol. The second kappa shape index (κ2) is 4.41. The lowest BCUT2D eigenvalue weighted by Gasteiger charge is -2.57. The molecule has 4 saturated carbocycles. The van der Waals surface area contributed by atoms with Gasteiger partial charge in [0.15, 0.2) is 0 Å². The van der Waals surface area contributed by atoms with E-state index in [0.29, 0.717) is 12.4 Å². The molecule has 0 radical (unpaired) electrons. The summed E-state index contributed by atoms with van der Waals surface area (Å²) < 4.78 is 5.87. The van der Waals surface area contributed by atoms with Gasteiger partial charge in [0.25, 0.3) is 0 Å². The van der Waals surface area contributed by atoms with Crippen LogP contribution in [-0.2, 0) is 5.41 Å². The van der Waals surface area contributed by atoms with Crippen LogP contribution < -0.4 is 4.74 Å². The van der Waals surface area contributed by atoms with Crippen molar-refractivity contribution in [3.05, 3.63) is 23.8 Å². The van der Waals surface area contributed by atoms with E-state index in [9.17, 15) is 5.11 Å². The van der Waals surface area contributed by atoms with E-state index in [1.165, 1.54) is 44.1 Å². The van der Waals surface area contributed by atoms with Crippen LogP contribution in [0.5, 0.6) is 11.5 Å². The zero-order valence-electron chi connectivity index (χ0n) is 12.3.